The summed E-state index contributed by atoms with van der Waals surface area (Å²) in [5.74, 6) is 3.13. The first kappa shape index (κ1) is 19.1. The number of benzene rings is 2. The minimum Gasteiger partial charge on any atom is -0.496 e. The van der Waals surface area contributed by atoms with E-state index in [-0.39, 0.29) is 6.61 Å². The molecule has 2 aliphatic rings. The van der Waals surface area contributed by atoms with Gasteiger partial charge < -0.3 is 19.3 Å². The molecule has 5 nitrogen and oxygen atoms in total. The minimum atomic E-state index is 0.106. The van der Waals surface area contributed by atoms with E-state index in [2.05, 4.69) is 23.1 Å². The van der Waals surface area contributed by atoms with Crippen LogP contribution in [0.25, 0.3) is 0 Å². The number of likely N-dealkylation sites (tertiary alicyclic amines) is 1. The van der Waals surface area contributed by atoms with Gasteiger partial charge in [-0.15, -0.1) is 0 Å². The normalized spacial score (nSPS) is 19.4. The molecule has 4 rings (SSSR count). The van der Waals surface area contributed by atoms with Crippen molar-refractivity contribution in [3.05, 3.63) is 53.1 Å². The molecule has 2 aliphatic heterocycles. The van der Waals surface area contributed by atoms with Gasteiger partial charge in [0.25, 0.3) is 0 Å². The second kappa shape index (κ2) is 8.84. The van der Waals surface area contributed by atoms with Gasteiger partial charge in [-0.05, 0) is 42.5 Å². The summed E-state index contributed by atoms with van der Waals surface area (Å²) in [6, 6.07) is 12.4. The summed E-state index contributed by atoms with van der Waals surface area (Å²) >= 11 is 0. The summed E-state index contributed by atoms with van der Waals surface area (Å²) in [5, 5.41) is 9.19. The first-order chi connectivity index (χ1) is 13.7. The molecule has 2 aromatic carbocycles. The van der Waals surface area contributed by atoms with Crippen LogP contribution in [-0.2, 0) is 19.6 Å². The number of hydrogen-bond acceptors (Lipinski definition) is 5. The molecular formula is C23H29NO4. The maximum absolute atomic E-state index is 9.19. The van der Waals surface area contributed by atoms with E-state index in [1.165, 1.54) is 12.0 Å². The van der Waals surface area contributed by atoms with E-state index < -0.39 is 0 Å². The quantitative estimate of drug-likeness (QED) is 0.828. The van der Waals surface area contributed by atoms with Crippen molar-refractivity contribution in [1.82, 2.24) is 4.90 Å². The first-order valence-electron chi connectivity index (χ1n) is 10.1. The molecule has 2 heterocycles. The molecule has 150 valence electrons. The zero-order valence-electron chi connectivity index (χ0n) is 16.5. The zero-order chi connectivity index (χ0) is 19.3. The van der Waals surface area contributed by atoms with E-state index in [9.17, 15) is 5.11 Å². The highest BCUT2D eigenvalue weighted by atomic mass is 16.5. The van der Waals surface area contributed by atoms with Crippen LogP contribution in [0.1, 0.15) is 29.5 Å². The van der Waals surface area contributed by atoms with Gasteiger partial charge in [-0.1, -0.05) is 24.3 Å². The molecule has 0 amide bonds. The Hall–Kier alpha value is -2.24. The molecule has 1 N–H and O–H groups in total. The number of fused-ring (bicyclic) bond motifs is 1. The van der Waals surface area contributed by atoms with Crippen molar-refractivity contribution >= 4 is 0 Å². The van der Waals surface area contributed by atoms with Crippen molar-refractivity contribution in [1.29, 1.82) is 0 Å². The number of hydrogen-bond donors (Lipinski definition) is 1. The Bertz CT molecular complexity index is 790. The maximum atomic E-state index is 9.19. The summed E-state index contributed by atoms with van der Waals surface area (Å²) in [5.41, 5.74) is 3.47. The lowest BCUT2D eigenvalue weighted by atomic mass is 9.98. The fourth-order valence-electron chi connectivity index (χ4n) is 4.12. The van der Waals surface area contributed by atoms with Crippen molar-refractivity contribution in [2.75, 3.05) is 33.4 Å². The molecule has 1 fully saturated rings. The molecule has 0 bridgehead atoms. The number of ether oxygens (including phenoxy) is 3. The van der Waals surface area contributed by atoms with E-state index in [4.69, 9.17) is 14.2 Å². The van der Waals surface area contributed by atoms with Crippen molar-refractivity contribution in [2.45, 2.75) is 32.4 Å². The molecule has 0 unspecified atom stereocenters. The van der Waals surface area contributed by atoms with Gasteiger partial charge in [0.05, 0.1) is 26.9 Å². The van der Waals surface area contributed by atoms with Crippen molar-refractivity contribution in [3.8, 4) is 17.2 Å². The Morgan fingerprint density at radius 2 is 1.79 bits per heavy atom. The fourth-order valence-corrected chi connectivity index (χ4v) is 4.12. The van der Waals surface area contributed by atoms with E-state index >= 15 is 0 Å². The topological polar surface area (TPSA) is 51.2 Å². The number of aliphatic hydroxyl groups is 1. The molecule has 0 radical (unpaired) electrons. The number of methoxy groups -OCH3 is 1. The Morgan fingerprint density at radius 1 is 1.07 bits per heavy atom. The highest BCUT2D eigenvalue weighted by Crippen LogP contribution is 2.37. The average molecular weight is 383 g/mol. The molecule has 0 spiro atoms. The molecule has 0 aromatic heterocycles. The van der Waals surface area contributed by atoms with Crippen LogP contribution in [-0.4, -0.2) is 43.4 Å². The molecule has 28 heavy (non-hydrogen) atoms. The lowest BCUT2D eigenvalue weighted by molar-refractivity contribution is 0.282. The van der Waals surface area contributed by atoms with Crippen LogP contribution in [0.5, 0.6) is 17.2 Å². The van der Waals surface area contributed by atoms with Gasteiger partial charge in [-0.25, -0.2) is 0 Å². The van der Waals surface area contributed by atoms with Gasteiger partial charge in [0.15, 0.2) is 11.5 Å². The Labute approximate surface area is 166 Å². The first-order valence-corrected chi connectivity index (χ1v) is 10.1. The van der Waals surface area contributed by atoms with Crippen LogP contribution < -0.4 is 14.2 Å². The van der Waals surface area contributed by atoms with Crippen molar-refractivity contribution in [2.24, 2.45) is 5.92 Å². The highest BCUT2D eigenvalue weighted by molar-refractivity contribution is 5.51. The van der Waals surface area contributed by atoms with Crippen molar-refractivity contribution in [3.63, 3.8) is 0 Å². The van der Waals surface area contributed by atoms with Crippen LogP contribution in [0.15, 0.2) is 36.4 Å². The SMILES string of the molecule is COc1cc2c(cc1CN1CC[C@H](Cc3ccc(CO)cc3)C1)OCCCO2. The average Bonchev–Trinajstić information content (AvgIpc) is 3.03. The summed E-state index contributed by atoms with van der Waals surface area (Å²) in [7, 11) is 1.71. The van der Waals surface area contributed by atoms with E-state index in [1.807, 2.05) is 18.2 Å². The molecule has 0 saturated carbocycles. The van der Waals surface area contributed by atoms with E-state index in [1.54, 1.807) is 7.11 Å². The zero-order valence-corrected chi connectivity index (χ0v) is 16.5. The predicted molar refractivity (Wildman–Crippen MR) is 108 cm³/mol. The van der Waals surface area contributed by atoms with Crippen LogP contribution in [0.4, 0.5) is 0 Å². The van der Waals surface area contributed by atoms with Gasteiger partial charge >= 0.3 is 0 Å². The summed E-state index contributed by atoms with van der Waals surface area (Å²) in [4.78, 5) is 2.49. The van der Waals surface area contributed by atoms with Gasteiger partial charge in [0, 0.05) is 31.1 Å². The minimum absolute atomic E-state index is 0.106. The second-order valence-corrected chi connectivity index (χ2v) is 7.73. The third kappa shape index (κ3) is 4.42. The van der Waals surface area contributed by atoms with Gasteiger partial charge in [0.1, 0.15) is 5.75 Å². The lowest BCUT2D eigenvalue weighted by Gasteiger charge is -2.20. The molecule has 0 aliphatic carbocycles. The highest BCUT2D eigenvalue weighted by Gasteiger charge is 2.24. The second-order valence-electron chi connectivity index (χ2n) is 7.73. The van der Waals surface area contributed by atoms with Gasteiger partial charge in [-0.2, -0.15) is 0 Å². The Morgan fingerprint density at radius 3 is 2.50 bits per heavy atom. The molecular weight excluding hydrogens is 354 g/mol. The lowest BCUT2D eigenvalue weighted by Crippen LogP contribution is -2.21. The molecule has 1 saturated heterocycles. The monoisotopic (exact) mass is 383 g/mol. The molecule has 1 atom stereocenters. The van der Waals surface area contributed by atoms with Crippen LogP contribution >= 0.6 is 0 Å². The maximum Gasteiger partial charge on any atom is 0.164 e. The fraction of sp³-hybridized carbons (Fsp3) is 0.478. The molecule has 5 heteroatoms. The largest absolute Gasteiger partial charge is 0.496 e. The Balaban J connectivity index is 1.40. The third-order valence-corrected chi connectivity index (χ3v) is 5.64. The van der Waals surface area contributed by atoms with Crippen LogP contribution in [0.3, 0.4) is 0 Å². The van der Waals surface area contributed by atoms with E-state index in [0.717, 1.165) is 60.9 Å². The number of rotatable bonds is 6. The summed E-state index contributed by atoms with van der Waals surface area (Å²) < 4.78 is 17.3. The predicted octanol–water partition coefficient (Wildman–Crippen LogP) is 3.41. The van der Waals surface area contributed by atoms with Crippen LogP contribution in [0, 0.1) is 5.92 Å². The smallest absolute Gasteiger partial charge is 0.164 e. The van der Waals surface area contributed by atoms with Gasteiger partial charge in [0.2, 0.25) is 0 Å². The van der Waals surface area contributed by atoms with Crippen molar-refractivity contribution < 1.29 is 19.3 Å². The number of aliphatic hydroxyl groups excluding tert-OH is 1. The summed E-state index contributed by atoms with van der Waals surface area (Å²) in [6.45, 7) is 4.52. The van der Waals surface area contributed by atoms with Gasteiger partial charge in [-0.3, -0.25) is 4.90 Å². The van der Waals surface area contributed by atoms with Crippen LogP contribution in [0.2, 0.25) is 0 Å². The Kier molecular flexibility index (Phi) is 6.03. The van der Waals surface area contributed by atoms with E-state index in [0.29, 0.717) is 19.1 Å². The number of nitrogens with zero attached hydrogens (tertiary/aromatic N) is 1. The molecule has 2 aromatic rings. The third-order valence-electron chi connectivity index (χ3n) is 5.64. The standard InChI is InChI=1S/C23H29NO4/c1-26-21-13-23-22(27-9-2-10-28-23)12-20(21)15-24-8-7-19(14-24)11-17-3-5-18(16-25)6-4-17/h3-6,12-13,19,25H,2,7-11,14-16H2,1H3/t19-/m1/s1. The summed E-state index contributed by atoms with van der Waals surface area (Å²) in [6.07, 6.45) is 3.19.